The predicted molar refractivity (Wildman–Crippen MR) is 80.5 cm³/mol. The monoisotopic (exact) mass is 284 g/mol. The zero-order chi connectivity index (χ0) is 15.1. The zero-order valence-electron chi connectivity index (χ0n) is 12.9. The van der Waals surface area contributed by atoms with Crippen LogP contribution in [0.5, 0.6) is 0 Å². The van der Waals surface area contributed by atoms with Gasteiger partial charge in [0.1, 0.15) is 0 Å². The molecular weight excluding hydrogens is 258 g/mol. The lowest BCUT2D eigenvalue weighted by atomic mass is 10.0. The molecular formula is C16H26F2N2. The second kappa shape index (κ2) is 8.32. The molecule has 0 heterocycles. The largest absolute Gasteiger partial charge is 0.309 e. The van der Waals surface area contributed by atoms with Crippen molar-refractivity contribution in [1.29, 1.82) is 0 Å². The van der Waals surface area contributed by atoms with E-state index in [1.54, 1.807) is 11.9 Å². The van der Waals surface area contributed by atoms with Crippen LogP contribution in [0.2, 0.25) is 0 Å². The number of aryl methyl sites for hydroxylation is 2. The van der Waals surface area contributed by atoms with E-state index in [1.165, 1.54) is 16.7 Å². The van der Waals surface area contributed by atoms with Crippen LogP contribution in [0.25, 0.3) is 0 Å². The molecule has 1 atom stereocenters. The van der Waals surface area contributed by atoms with Gasteiger partial charge in [-0.2, -0.15) is 0 Å². The molecule has 0 aliphatic heterocycles. The molecule has 0 saturated carbocycles. The summed E-state index contributed by atoms with van der Waals surface area (Å²) in [5.74, 6) is 0. The quantitative estimate of drug-likeness (QED) is 0.785. The molecule has 0 aromatic heterocycles. The van der Waals surface area contributed by atoms with Crippen LogP contribution in [0, 0.1) is 13.8 Å². The van der Waals surface area contributed by atoms with Gasteiger partial charge in [-0.25, -0.2) is 8.78 Å². The number of nitrogens with one attached hydrogen (secondary N) is 1. The van der Waals surface area contributed by atoms with E-state index in [0.717, 1.165) is 13.0 Å². The molecule has 1 rings (SSSR count). The van der Waals surface area contributed by atoms with Crippen molar-refractivity contribution >= 4 is 0 Å². The lowest BCUT2D eigenvalue weighted by Gasteiger charge is -2.25. The molecule has 114 valence electrons. The third kappa shape index (κ3) is 5.55. The van der Waals surface area contributed by atoms with E-state index in [9.17, 15) is 8.78 Å². The minimum atomic E-state index is -2.29. The fraction of sp³-hybridized carbons (Fsp3) is 0.625. The normalized spacial score (nSPS) is 13.2. The van der Waals surface area contributed by atoms with Gasteiger partial charge in [0, 0.05) is 12.6 Å². The van der Waals surface area contributed by atoms with E-state index in [-0.39, 0.29) is 12.6 Å². The van der Waals surface area contributed by atoms with Gasteiger partial charge in [0.2, 0.25) is 0 Å². The average Bonchev–Trinajstić information content (AvgIpc) is 2.37. The summed E-state index contributed by atoms with van der Waals surface area (Å²) >= 11 is 0. The molecule has 1 aromatic carbocycles. The van der Waals surface area contributed by atoms with Gasteiger partial charge < -0.3 is 5.32 Å². The molecule has 2 nitrogen and oxygen atoms in total. The summed E-state index contributed by atoms with van der Waals surface area (Å²) in [6.07, 6.45) is -1.26. The van der Waals surface area contributed by atoms with Crippen LogP contribution in [0.15, 0.2) is 18.2 Å². The van der Waals surface area contributed by atoms with Crippen LogP contribution in [0.4, 0.5) is 8.78 Å². The highest BCUT2D eigenvalue weighted by molar-refractivity contribution is 5.31. The summed E-state index contributed by atoms with van der Waals surface area (Å²) in [6, 6.07) is 6.43. The smallest absolute Gasteiger partial charge is 0.251 e. The van der Waals surface area contributed by atoms with Crippen LogP contribution < -0.4 is 5.32 Å². The maximum Gasteiger partial charge on any atom is 0.251 e. The molecule has 4 heteroatoms. The van der Waals surface area contributed by atoms with E-state index in [4.69, 9.17) is 0 Å². The van der Waals surface area contributed by atoms with Crippen molar-refractivity contribution in [1.82, 2.24) is 10.2 Å². The summed E-state index contributed by atoms with van der Waals surface area (Å²) in [5, 5.41) is 3.45. The number of rotatable bonds is 8. The summed E-state index contributed by atoms with van der Waals surface area (Å²) in [5.41, 5.74) is 3.66. The van der Waals surface area contributed by atoms with E-state index >= 15 is 0 Å². The Morgan fingerprint density at radius 1 is 1.15 bits per heavy atom. The van der Waals surface area contributed by atoms with Gasteiger partial charge in [-0.1, -0.05) is 25.1 Å². The van der Waals surface area contributed by atoms with Crippen molar-refractivity contribution in [2.75, 3.05) is 26.7 Å². The Labute approximate surface area is 121 Å². The van der Waals surface area contributed by atoms with E-state index in [2.05, 4.69) is 44.3 Å². The highest BCUT2D eigenvalue weighted by atomic mass is 19.3. The molecule has 0 bridgehead atoms. The lowest BCUT2D eigenvalue weighted by Crippen LogP contribution is -2.35. The number of likely N-dealkylation sites (N-methyl/N-ethyl adjacent to an activating group) is 1. The highest BCUT2D eigenvalue weighted by Gasteiger charge is 2.16. The predicted octanol–water partition coefficient (Wildman–Crippen LogP) is 3.54. The third-order valence-corrected chi connectivity index (χ3v) is 3.52. The van der Waals surface area contributed by atoms with Crippen molar-refractivity contribution in [3.8, 4) is 0 Å². The minimum absolute atomic E-state index is 0.0954. The van der Waals surface area contributed by atoms with Crippen molar-refractivity contribution in [3.63, 3.8) is 0 Å². The van der Waals surface area contributed by atoms with Crippen LogP contribution >= 0.6 is 0 Å². The molecule has 0 spiro atoms. The fourth-order valence-electron chi connectivity index (χ4n) is 2.21. The van der Waals surface area contributed by atoms with Crippen LogP contribution in [0.1, 0.15) is 36.1 Å². The standard InChI is InChI=1S/C16H26F2N2/c1-5-8-19-15(10-20(4)11-16(17)18)14-7-6-12(2)13(3)9-14/h6-7,9,15-16,19H,5,8,10-11H2,1-4H3. The summed E-state index contributed by atoms with van der Waals surface area (Å²) in [6.45, 7) is 7.56. The average molecular weight is 284 g/mol. The van der Waals surface area contributed by atoms with E-state index < -0.39 is 6.43 Å². The molecule has 0 amide bonds. The van der Waals surface area contributed by atoms with Crippen molar-refractivity contribution in [2.24, 2.45) is 0 Å². The lowest BCUT2D eigenvalue weighted by molar-refractivity contribution is 0.0958. The second-order valence-corrected chi connectivity index (χ2v) is 5.46. The van der Waals surface area contributed by atoms with Crippen LogP contribution in [-0.2, 0) is 0 Å². The second-order valence-electron chi connectivity index (χ2n) is 5.46. The van der Waals surface area contributed by atoms with Crippen molar-refractivity contribution in [3.05, 3.63) is 34.9 Å². The number of alkyl halides is 2. The maximum atomic E-state index is 12.4. The van der Waals surface area contributed by atoms with Gasteiger partial charge in [-0.05, 0) is 50.6 Å². The molecule has 0 fully saturated rings. The highest BCUT2D eigenvalue weighted by Crippen LogP contribution is 2.18. The molecule has 1 aromatic rings. The summed E-state index contributed by atoms with van der Waals surface area (Å²) < 4.78 is 24.9. The first-order valence-corrected chi connectivity index (χ1v) is 7.21. The first kappa shape index (κ1) is 17.1. The fourth-order valence-corrected chi connectivity index (χ4v) is 2.21. The molecule has 0 radical (unpaired) electrons. The Morgan fingerprint density at radius 3 is 2.40 bits per heavy atom. The molecule has 1 unspecified atom stereocenters. The SMILES string of the molecule is CCCNC(CN(C)CC(F)F)c1ccc(C)c(C)c1. The Kier molecular flexibility index (Phi) is 7.10. The zero-order valence-corrected chi connectivity index (χ0v) is 12.9. The maximum absolute atomic E-state index is 12.4. The van der Waals surface area contributed by atoms with Crippen molar-refractivity contribution < 1.29 is 8.78 Å². The summed E-state index contributed by atoms with van der Waals surface area (Å²) in [4.78, 5) is 1.69. The van der Waals surface area contributed by atoms with Gasteiger partial charge in [0.15, 0.2) is 0 Å². The first-order valence-electron chi connectivity index (χ1n) is 7.21. The van der Waals surface area contributed by atoms with Crippen LogP contribution in [0.3, 0.4) is 0 Å². The van der Waals surface area contributed by atoms with Gasteiger partial charge >= 0.3 is 0 Å². The Morgan fingerprint density at radius 2 is 1.85 bits per heavy atom. The third-order valence-electron chi connectivity index (χ3n) is 3.52. The number of hydrogen-bond acceptors (Lipinski definition) is 2. The topological polar surface area (TPSA) is 15.3 Å². The minimum Gasteiger partial charge on any atom is -0.309 e. The van der Waals surface area contributed by atoms with Gasteiger partial charge in [-0.15, -0.1) is 0 Å². The van der Waals surface area contributed by atoms with Gasteiger partial charge in [0.25, 0.3) is 6.43 Å². The molecule has 0 aliphatic carbocycles. The van der Waals surface area contributed by atoms with Gasteiger partial charge in [0.05, 0.1) is 6.54 Å². The first-order chi connectivity index (χ1) is 9.43. The molecule has 20 heavy (non-hydrogen) atoms. The van der Waals surface area contributed by atoms with E-state index in [0.29, 0.717) is 6.54 Å². The number of halogens is 2. The van der Waals surface area contributed by atoms with Crippen molar-refractivity contribution in [2.45, 2.75) is 39.7 Å². The number of benzene rings is 1. The molecule has 0 aliphatic rings. The van der Waals surface area contributed by atoms with Crippen LogP contribution in [-0.4, -0.2) is 38.0 Å². The Balaban J connectivity index is 2.79. The Bertz CT molecular complexity index is 407. The Hall–Kier alpha value is -1.00. The summed E-state index contributed by atoms with van der Waals surface area (Å²) in [7, 11) is 1.74. The molecule has 1 N–H and O–H groups in total. The number of nitrogens with zero attached hydrogens (tertiary/aromatic N) is 1. The molecule has 0 saturated heterocycles. The van der Waals surface area contributed by atoms with Gasteiger partial charge in [-0.3, -0.25) is 4.90 Å². The van der Waals surface area contributed by atoms with E-state index in [1.807, 2.05) is 0 Å². The number of hydrogen-bond donors (Lipinski definition) is 1.